The molecule has 146 valence electrons. The lowest BCUT2D eigenvalue weighted by molar-refractivity contribution is -0.255. The maximum atomic E-state index is 11.9. The van der Waals surface area contributed by atoms with E-state index in [-0.39, 0.29) is 11.3 Å². The maximum absolute atomic E-state index is 11.9. The van der Waals surface area contributed by atoms with E-state index in [0.717, 1.165) is 11.1 Å². The number of carbonyl (C=O) groups excluding carboxylic acids is 3. The Morgan fingerprint density at radius 3 is 2.46 bits per heavy atom. The number of nitrogens with one attached hydrogen (secondary N) is 2. The van der Waals surface area contributed by atoms with E-state index >= 15 is 0 Å². The molecule has 0 aliphatic carbocycles. The van der Waals surface area contributed by atoms with E-state index in [1.54, 1.807) is 25.1 Å². The molecule has 2 aromatic rings. The van der Waals surface area contributed by atoms with Gasteiger partial charge in [-0.3, -0.25) is 9.59 Å². The van der Waals surface area contributed by atoms with Crippen molar-refractivity contribution in [1.82, 2.24) is 5.43 Å². The van der Waals surface area contributed by atoms with Crippen molar-refractivity contribution in [1.29, 1.82) is 0 Å². The van der Waals surface area contributed by atoms with Crippen LogP contribution in [0.15, 0.2) is 41.5 Å². The highest BCUT2D eigenvalue weighted by Crippen LogP contribution is 2.19. The van der Waals surface area contributed by atoms with Crippen molar-refractivity contribution in [2.24, 2.45) is 5.10 Å². The van der Waals surface area contributed by atoms with Crippen LogP contribution < -0.4 is 20.6 Å². The molecule has 0 aliphatic heterocycles. The van der Waals surface area contributed by atoms with Crippen molar-refractivity contribution in [3.8, 4) is 5.75 Å². The molecule has 2 N–H and O–H groups in total. The van der Waals surface area contributed by atoms with Gasteiger partial charge in [0.15, 0.2) is 0 Å². The summed E-state index contributed by atoms with van der Waals surface area (Å²) in [6, 6.07) is 9.60. The number of aryl methyl sites for hydroxylation is 2. The van der Waals surface area contributed by atoms with Crippen LogP contribution in [0.4, 0.5) is 5.69 Å². The van der Waals surface area contributed by atoms with Gasteiger partial charge in [0.2, 0.25) is 0 Å². The third kappa shape index (κ3) is 5.41. The Labute approximate surface area is 162 Å². The van der Waals surface area contributed by atoms with Crippen LogP contribution in [-0.2, 0) is 9.59 Å². The van der Waals surface area contributed by atoms with Gasteiger partial charge in [0.1, 0.15) is 5.75 Å². The van der Waals surface area contributed by atoms with Crippen LogP contribution in [0.3, 0.4) is 0 Å². The second-order valence-corrected chi connectivity index (χ2v) is 5.93. The van der Waals surface area contributed by atoms with Gasteiger partial charge in [-0.15, -0.1) is 0 Å². The molecule has 0 aliphatic rings. The highest BCUT2D eigenvalue weighted by atomic mass is 16.5. The van der Waals surface area contributed by atoms with Crippen LogP contribution in [0.5, 0.6) is 5.75 Å². The number of benzene rings is 2. The molecule has 0 saturated heterocycles. The first kappa shape index (κ1) is 20.6. The summed E-state index contributed by atoms with van der Waals surface area (Å²) in [5.41, 5.74) is 4.89. The minimum Gasteiger partial charge on any atom is -0.545 e. The van der Waals surface area contributed by atoms with Crippen LogP contribution in [-0.4, -0.2) is 30.6 Å². The molecule has 0 radical (unpaired) electrons. The van der Waals surface area contributed by atoms with Gasteiger partial charge in [0, 0.05) is 11.3 Å². The Morgan fingerprint density at radius 2 is 1.82 bits per heavy atom. The largest absolute Gasteiger partial charge is 0.545 e. The minimum atomic E-state index is -1.39. The number of nitrogens with zero attached hydrogens (tertiary/aromatic N) is 1. The topological polar surface area (TPSA) is 120 Å². The fraction of sp³-hybridized carbons (Fsp3) is 0.200. The summed E-state index contributed by atoms with van der Waals surface area (Å²) in [5.74, 6) is -3.05. The number of carbonyl (C=O) groups is 3. The quantitative estimate of drug-likeness (QED) is 0.441. The van der Waals surface area contributed by atoms with E-state index in [0.29, 0.717) is 17.9 Å². The SMILES string of the molecule is CCOc1ccc(/C=N\NC(=O)C(=O)Nc2ccc(C)c(C)c2)cc1C(=O)[O-]. The highest BCUT2D eigenvalue weighted by Gasteiger charge is 2.13. The molecule has 0 unspecified atom stereocenters. The lowest BCUT2D eigenvalue weighted by Crippen LogP contribution is -2.32. The number of ether oxygens (including phenoxy) is 1. The van der Waals surface area contributed by atoms with Crippen LogP contribution in [0.1, 0.15) is 34.0 Å². The molecule has 0 bridgehead atoms. The first-order valence-corrected chi connectivity index (χ1v) is 8.51. The fourth-order valence-electron chi connectivity index (χ4n) is 2.29. The average Bonchev–Trinajstić information content (AvgIpc) is 2.65. The zero-order chi connectivity index (χ0) is 20.7. The normalized spacial score (nSPS) is 10.5. The molecule has 8 heteroatoms. The number of carboxylic acid groups (broad SMARTS) is 1. The molecule has 0 saturated carbocycles. The molecule has 0 spiro atoms. The fourth-order valence-corrected chi connectivity index (χ4v) is 2.29. The third-order valence-corrected chi connectivity index (χ3v) is 3.87. The molecule has 8 nitrogen and oxygen atoms in total. The summed E-state index contributed by atoms with van der Waals surface area (Å²) < 4.78 is 5.21. The number of hydrogen-bond acceptors (Lipinski definition) is 6. The Kier molecular flexibility index (Phi) is 6.86. The number of hydrogen-bond donors (Lipinski definition) is 2. The molecular weight excluding hydrogens is 362 g/mol. The first-order chi connectivity index (χ1) is 13.3. The van der Waals surface area contributed by atoms with Gasteiger partial charge in [-0.05, 0) is 67.8 Å². The predicted molar refractivity (Wildman–Crippen MR) is 102 cm³/mol. The number of carboxylic acids is 1. The number of hydrazone groups is 1. The van der Waals surface area contributed by atoms with Gasteiger partial charge in [0.25, 0.3) is 0 Å². The predicted octanol–water partition coefficient (Wildman–Crippen LogP) is 1.15. The van der Waals surface area contributed by atoms with Crippen LogP contribution in [0.2, 0.25) is 0 Å². The standard InChI is InChI=1S/C20H21N3O5/c1-4-28-17-8-6-14(10-16(17)20(26)27)11-21-23-19(25)18(24)22-15-7-5-12(2)13(3)9-15/h5-11H,4H2,1-3H3,(H,22,24)(H,23,25)(H,26,27)/p-1/b21-11-. The third-order valence-electron chi connectivity index (χ3n) is 3.87. The summed E-state index contributed by atoms with van der Waals surface area (Å²) >= 11 is 0. The van der Waals surface area contributed by atoms with Crippen molar-refractivity contribution in [2.75, 3.05) is 11.9 Å². The van der Waals surface area contributed by atoms with Crippen LogP contribution >= 0.6 is 0 Å². The van der Waals surface area contributed by atoms with Crippen LogP contribution in [0.25, 0.3) is 0 Å². The maximum Gasteiger partial charge on any atom is 0.329 e. The minimum absolute atomic E-state index is 0.135. The number of amides is 2. The smallest absolute Gasteiger partial charge is 0.329 e. The van der Waals surface area contributed by atoms with E-state index in [4.69, 9.17) is 4.74 Å². The Balaban J connectivity index is 2.00. The molecule has 0 atom stereocenters. The van der Waals surface area contributed by atoms with E-state index in [1.807, 2.05) is 19.9 Å². The van der Waals surface area contributed by atoms with Crippen LogP contribution in [0, 0.1) is 13.8 Å². The summed E-state index contributed by atoms with van der Waals surface area (Å²) in [7, 11) is 0. The van der Waals surface area contributed by atoms with Crippen molar-refractivity contribution in [2.45, 2.75) is 20.8 Å². The zero-order valence-electron chi connectivity index (χ0n) is 15.7. The van der Waals surface area contributed by atoms with E-state index < -0.39 is 17.8 Å². The number of aromatic carboxylic acids is 1. The number of rotatable bonds is 6. The second-order valence-electron chi connectivity index (χ2n) is 5.93. The van der Waals surface area contributed by atoms with Gasteiger partial charge in [-0.25, -0.2) is 5.43 Å². The summed E-state index contributed by atoms with van der Waals surface area (Å²) in [6.07, 6.45) is 1.21. The van der Waals surface area contributed by atoms with E-state index in [9.17, 15) is 19.5 Å². The number of anilines is 1. The molecule has 28 heavy (non-hydrogen) atoms. The van der Waals surface area contributed by atoms with Gasteiger partial charge >= 0.3 is 11.8 Å². The van der Waals surface area contributed by atoms with E-state index in [2.05, 4.69) is 15.8 Å². The van der Waals surface area contributed by atoms with Gasteiger partial charge in [-0.1, -0.05) is 6.07 Å². The van der Waals surface area contributed by atoms with Crippen molar-refractivity contribution in [3.05, 3.63) is 58.7 Å². The van der Waals surface area contributed by atoms with Gasteiger partial charge < -0.3 is 20.0 Å². The van der Waals surface area contributed by atoms with Crippen molar-refractivity contribution >= 4 is 29.7 Å². The molecule has 2 rings (SSSR count). The molecule has 0 aromatic heterocycles. The Morgan fingerprint density at radius 1 is 1.07 bits per heavy atom. The highest BCUT2D eigenvalue weighted by molar-refractivity contribution is 6.39. The zero-order valence-corrected chi connectivity index (χ0v) is 15.7. The Hall–Kier alpha value is -3.68. The lowest BCUT2D eigenvalue weighted by Gasteiger charge is -2.11. The lowest BCUT2D eigenvalue weighted by atomic mass is 10.1. The summed E-state index contributed by atoms with van der Waals surface area (Å²) in [6.45, 7) is 5.87. The van der Waals surface area contributed by atoms with Gasteiger partial charge in [-0.2, -0.15) is 5.10 Å². The van der Waals surface area contributed by atoms with Crippen molar-refractivity contribution < 1.29 is 24.2 Å². The molecular formula is C20H20N3O5-. The molecule has 0 heterocycles. The second kappa shape index (κ2) is 9.31. The molecule has 2 amide bonds. The van der Waals surface area contributed by atoms with Crippen molar-refractivity contribution in [3.63, 3.8) is 0 Å². The van der Waals surface area contributed by atoms with Gasteiger partial charge in [0.05, 0.1) is 18.8 Å². The Bertz CT molecular complexity index is 937. The summed E-state index contributed by atoms with van der Waals surface area (Å²) in [5, 5.41) is 17.3. The molecule has 0 fully saturated rings. The monoisotopic (exact) mass is 382 g/mol. The summed E-state index contributed by atoms with van der Waals surface area (Å²) in [4.78, 5) is 34.9. The first-order valence-electron chi connectivity index (χ1n) is 8.51. The molecule has 2 aromatic carbocycles. The average molecular weight is 382 g/mol. The van der Waals surface area contributed by atoms with E-state index in [1.165, 1.54) is 18.3 Å².